The van der Waals surface area contributed by atoms with Gasteiger partial charge in [0, 0.05) is 24.7 Å². The van der Waals surface area contributed by atoms with Crippen molar-refractivity contribution in [1.82, 2.24) is 5.32 Å². The molecule has 0 spiro atoms. The largest absolute Gasteiger partial charge is 0.454 e. The zero-order valence-corrected chi connectivity index (χ0v) is 20.2. The maximum Gasteiger partial charge on any atom is 0.231 e. The zero-order valence-electron chi connectivity index (χ0n) is 17.9. The molecule has 3 N–H and O–H groups in total. The van der Waals surface area contributed by atoms with E-state index in [0.29, 0.717) is 25.3 Å². The van der Waals surface area contributed by atoms with E-state index in [9.17, 15) is 0 Å². The summed E-state index contributed by atoms with van der Waals surface area (Å²) in [6.45, 7) is 9.11. The molecule has 6 nitrogen and oxygen atoms in total. The van der Waals surface area contributed by atoms with Crippen LogP contribution in [0.3, 0.4) is 0 Å². The summed E-state index contributed by atoms with van der Waals surface area (Å²) in [5, 5.41) is 3.36. The number of aliphatic imine (C=N–C) groups is 1. The highest BCUT2D eigenvalue weighted by Crippen LogP contribution is 2.41. The van der Waals surface area contributed by atoms with Crippen molar-refractivity contribution in [2.24, 2.45) is 16.6 Å². The number of nitrogens with one attached hydrogen (secondary N) is 1. The Hall–Kier alpha value is -1.22. The molecule has 2 aliphatic rings. The van der Waals surface area contributed by atoms with Crippen LogP contribution in [0, 0.1) is 5.92 Å². The van der Waals surface area contributed by atoms with E-state index in [-0.39, 0.29) is 29.4 Å². The molecule has 1 aromatic rings. The molecule has 0 aliphatic carbocycles. The van der Waals surface area contributed by atoms with Gasteiger partial charge in [-0.05, 0) is 49.8 Å². The van der Waals surface area contributed by atoms with Crippen molar-refractivity contribution in [2.45, 2.75) is 64.3 Å². The van der Waals surface area contributed by atoms with Crippen molar-refractivity contribution < 1.29 is 14.2 Å². The highest BCUT2D eigenvalue weighted by atomic mass is 127. The van der Waals surface area contributed by atoms with Crippen LogP contribution in [0.15, 0.2) is 23.2 Å². The van der Waals surface area contributed by atoms with Crippen molar-refractivity contribution in [3.8, 4) is 11.5 Å². The van der Waals surface area contributed by atoms with Crippen LogP contribution in [0.25, 0.3) is 0 Å². The topological polar surface area (TPSA) is 78.1 Å². The first-order valence-electron chi connectivity index (χ1n) is 10.5. The summed E-state index contributed by atoms with van der Waals surface area (Å²) < 4.78 is 16.7. The van der Waals surface area contributed by atoms with E-state index in [1.54, 1.807) is 0 Å². The molecular formula is C22H36IN3O3. The SMILES string of the molecule is CC(C)CCCC(C)NC(N)=NCC1(c2ccc3c(c2)OCO3)CCOCC1.I. The number of guanidine groups is 1. The van der Waals surface area contributed by atoms with Gasteiger partial charge < -0.3 is 25.3 Å². The second-order valence-corrected chi connectivity index (χ2v) is 8.53. The lowest BCUT2D eigenvalue weighted by molar-refractivity contribution is 0.0530. The fraction of sp³-hybridized carbons (Fsp3) is 0.682. The first-order chi connectivity index (χ1) is 13.5. The Bertz CT molecular complexity index is 675. The van der Waals surface area contributed by atoms with Gasteiger partial charge in [0.25, 0.3) is 0 Å². The molecule has 29 heavy (non-hydrogen) atoms. The number of benzene rings is 1. The molecule has 0 amide bonds. The lowest BCUT2D eigenvalue weighted by Gasteiger charge is -2.36. The Kier molecular flexibility index (Phi) is 9.33. The van der Waals surface area contributed by atoms with Gasteiger partial charge in [0.2, 0.25) is 6.79 Å². The van der Waals surface area contributed by atoms with Gasteiger partial charge in [-0.15, -0.1) is 24.0 Å². The standard InChI is InChI=1S/C22H35N3O3.HI/c1-16(2)5-4-6-17(3)25-21(23)24-14-22(9-11-26-12-10-22)18-7-8-19-20(13-18)28-15-27-19;/h7-8,13,16-17H,4-6,9-12,14-15H2,1-3H3,(H3,23,24,25);1H. The minimum atomic E-state index is -0.0770. The van der Waals surface area contributed by atoms with E-state index in [2.05, 4.69) is 38.2 Å². The normalized spacial score (nSPS) is 19.0. The van der Waals surface area contributed by atoms with Crippen molar-refractivity contribution in [3.05, 3.63) is 23.8 Å². The number of nitrogens with zero attached hydrogens (tertiary/aromatic N) is 1. The Balaban J connectivity index is 0.00000300. The van der Waals surface area contributed by atoms with Gasteiger partial charge in [-0.2, -0.15) is 0 Å². The number of rotatable bonds is 8. The Morgan fingerprint density at radius 2 is 1.86 bits per heavy atom. The van der Waals surface area contributed by atoms with Crippen LogP contribution in [0.2, 0.25) is 0 Å². The summed E-state index contributed by atoms with van der Waals surface area (Å²) in [5.41, 5.74) is 7.36. The smallest absolute Gasteiger partial charge is 0.231 e. The molecule has 1 atom stereocenters. The third-order valence-corrected chi connectivity index (χ3v) is 5.80. The van der Waals surface area contributed by atoms with Gasteiger partial charge in [-0.3, -0.25) is 4.99 Å². The molecule has 0 radical (unpaired) electrons. The second-order valence-electron chi connectivity index (χ2n) is 8.53. The predicted octanol–water partition coefficient (Wildman–Crippen LogP) is 4.20. The molecule has 1 aromatic carbocycles. The van der Waals surface area contributed by atoms with Crippen LogP contribution in [0.4, 0.5) is 0 Å². The van der Waals surface area contributed by atoms with E-state index < -0.39 is 0 Å². The lowest BCUT2D eigenvalue weighted by Crippen LogP contribution is -2.41. The molecule has 7 heteroatoms. The highest BCUT2D eigenvalue weighted by molar-refractivity contribution is 14.0. The molecule has 0 aromatic heterocycles. The van der Waals surface area contributed by atoms with Crippen molar-refractivity contribution >= 4 is 29.9 Å². The van der Waals surface area contributed by atoms with Gasteiger partial charge in [-0.1, -0.05) is 32.8 Å². The van der Waals surface area contributed by atoms with Crippen molar-refractivity contribution in [1.29, 1.82) is 0 Å². The second kappa shape index (κ2) is 11.2. The number of hydrogen-bond acceptors (Lipinski definition) is 4. The molecule has 0 saturated carbocycles. The fourth-order valence-electron chi connectivity index (χ4n) is 3.97. The van der Waals surface area contributed by atoms with E-state index in [1.807, 2.05) is 6.07 Å². The van der Waals surface area contributed by atoms with Gasteiger partial charge in [0.1, 0.15) is 0 Å². The molecule has 1 fully saturated rings. The zero-order chi connectivity index (χ0) is 20.0. The van der Waals surface area contributed by atoms with Crippen LogP contribution >= 0.6 is 24.0 Å². The van der Waals surface area contributed by atoms with Gasteiger partial charge >= 0.3 is 0 Å². The predicted molar refractivity (Wildman–Crippen MR) is 127 cm³/mol. The summed E-state index contributed by atoms with van der Waals surface area (Å²) in [6.07, 6.45) is 5.41. The van der Waals surface area contributed by atoms with Crippen molar-refractivity contribution in [2.75, 3.05) is 26.6 Å². The Morgan fingerprint density at radius 3 is 2.59 bits per heavy atom. The maximum absolute atomic E-state index is 6.21. The summed E-state index contributed by atoms with van der Waals surface area (Å²) in [4.78, 5) is 4.73. The first-order valence-corrected chi connectivity index (χ1v) is 10.5. The fourth-order valence-corrected chi connectivity index (χ4v) is 3.97. The quantitative estimate of drug-likeness (QED) is 0.307. The molecule has 2 aliphatic heterocycles. The van der Waals surface area contributed by atoms with E-state index >= 15 is 0 Å². The Morgan fingerprint density at radius 1 is 1.14 bits per heavy atom. The number of hydrogen-bond donors (Lipinski definition) is 2. The van der Waals surface area contributed by atoms with Crippen molar-refractivity contribution in [3.63, 3.8) is 0 Å². The number of halogens is 1. The van der Waals surface area contributed by atoms with Crippen LogP contribution in [0.5, 0.6) is 11.5 Å². The first kappa shape index (κ1) is 24.1. The van der Waals surface area contributed by atoms with E-state index in [0.717, 1.165) is 49.9 Å². The number of nitrogens with two attached hydrogens (primary N) is 1. The summed E-state index contributed by atoms with van der Waals surface area (Å²) in [7, 11) is 0. The molecule has 2 heterocycles. The van der Waals surface area contributed by atoms with Crippen LogP contribution < -0.4 is 20.5 Å². The maximum atomic E-state index is 6.21. The summed E-state index contributed by atoms with van der Waals surface area (Å²) in [6, 6.07) is 6.56. The minimum Gasteiger partial charge on any atom is -0.454 e. The van der Waals surface area contributed by atoms with Gasteiger partial charge in [-0.25, -0.2) is 0 Å². The lowest BCUT2D eigenvalue weighted by atomic mass is 9.74. The monoisotopic (exact) mass is 517 g/mol. The van der Waals surface area contributed by atoms with Crippen LogP contribution in [-0.2, 0) is 10.2 Å². The molecule has 0 bridgehead atoms. The number of ether oxygens (including phenoxy) is 3. The molecule has 164 valence electrons. The molecule has 1 unspecified atom stereocenters. The van der Waals surface area contributed by atoms with Crippen LogP contribution in [-0.4, -0.2) is 38.6 Å². The van der Waals surface area contributed by atoms with Crippen LogP contribution in [0.1, 0.15) is 58.4 Å². The average Bonchev–Trinajstić information content (AvgIpc) is 3.14. The molecule has 1 saturated heterocycles. The van der Waals surface area contributed by atoms with E-state index in [1.165, 1.54) is 18.4 Å². The van der Waals surface area contributed by atoms with Gasteiger partial charge in [0.05, 0.1) is 6.54 Å². The molecule has 3 rings (SSSR count). The Labute approximate surface area is 192 Å². The van der Waals surface area contributed by atoms with E-state index in [4.69, 9.17) is 24.9 Å². The third kappa shape index (κ3) is 6.64. The third-order valence-electron chi connectivity index (χ3n) is 5.80. The minimum absolute atomic E-state index is 0. The summed E-state index contributed by atoms with van der Waals surface area (Å²) >= 11 is 0. The summed E-state index contributed by atoms with van der Waals surface area (Å²) in [5.74, 6) is 2.90. The molecular weight excluding hydrogens is 481 g/mol. The highest BCUT2D eigenvalue weighted by Gasteiger charge is 2.35. The van der Waals surface area contributed by atoms with Gasteiger partial charge in [0.15, 0.2) is 17.5 Å². The average molecular weight is 517 g/mol. The number of fused-ring (bicyclic) bond motifs is 1.